The number of hydrogen-bond acceptors (Lipinski definition) is 2. The topological polar surface area (TPSA) is 15.3 Å². The van der Waals surface area contributed by atoms with E-state index in [1.807, 2.05) is 0 Å². The molecule has 0 aromatic heterocycles. The zero-order valence-corrected chi connectivity index (χ0v) is 13.7. The van der Waals surface area contributed by atoms with Crippen molar-refractivity contribution in [3.8, 4) is 0 Å². The standard InChI is InChI=1S/C17H34N2/c1-6-18-15-11-13(2)10-14(3)16(15)19-9-7-8-17(4,5)12-19/h13-16,18H,6-12H2,1-5H3. The van der Waals surface area contributed by atoms with Crippen LogP contribution in [0.25, 0.3) is 0 Å². The van der Waals surface area contributed by atoms with E-state index >= 15 is 0 Å². The van der Waals surface area contributed by atoms with E-state index in [4.69, 9.17) is 0 Å². The van der Waals surface area contributed by atoms with Crippen LogP contribution in [0.2, 0.25) is 0 Å². The van der Waals surface area contributed by atoms with Crippen molar-refractivity contribution in [2.24, 2.45) is 17.3 Å². The number of likely N-dealkylation sites (N-methyl/N-ethyl adjacent to an activating group) is 1. The van der Waals surface area contributed by atoms with Crippen molar-refractivity contribution in [2.45, 2.75) is 72.4 Å². The molecule has 2 nitrogen and oxygen atoms in total. The average Bonchev–Trinajstić information content (AvgIpc) is 2.26. The van der Waals surface area contributed by atoms with Crippen LogP contribution in [-0.4, -0.2) is 36.6 Å². The number of likely N-dealkylation sites (tertiary alicyclic amines) is 1. The Bertz CT molecular complexity index is 287. The van der Waals surface area contributed by atoms with Crippen LogP contribution in [0.5, 0.6) is 0 Å². The Morgan fingerprint density at radius 1 is 1.21 bits per heavy atom. The van der Waals surface area contributed by atoms with E-state index in [0.29, 0.717) is 11.5 Å². The van der Waals surface area contributed by atoms with Crippen LogP contribution >= 0.6 is 0 Å². The van der Waals surface area contributed by atoms with Crippen LogP contribution in [0.3, 0.4) is 0 Å². The van der Waals surface area contributed by atoms with E-state index in [-0.39, 0.29) is 0 Å². The van der Waals surface area contributed by atoms with Crippen molar-refractivity contribution in [1.29, 1.82) is 0 Å². The third-order valence-electron chi connectivity index (χ3n) is 5.24. The largest absolute Gasteiger partial charge is 0.313 e. The van der Waals surface area contributed by atoms with Crippen LogP contribution in [0.15, 0.2) is 0 Å². The first-order valence-electron chi connectivity index (χ1n) is 8.40. The Hall–Kier alpha value is -0.0800. The minimum absolute atomic E-state index is 0.512. The van der Waals surface area contributed by atoms with Crippen LogP contribution in [-0.2, 0) is 0 Å². The maximum absolute atomic E-state index is 3.78. The Labute approximate surface area is 120 Å². The van der Waals surface area contributed by atoms with Crippen molar-refractivity contribution < 1.29 is 0 Å². The summed E-state index contributed by atoms with van der Waals surface area (Å²) in [5, 5.41) is 3.78. The second-order valence-corrected chi connectivity index (χ2v) is 7.95. The van der Waals surface area contributed by atoms with Gasteiger partial charge >= 0.3 is 0 Å². The minimum Gasteiger partial charge on any atom is -0.313 e. The van der Waals surface area contributed by atoms with Crippen LogP contribution in [0.1, 0.15) is 60.3 Å². The zero-order chi connectivity index (χ0) is 14.0. The van der Waals surface area contributed by atoms with Gasteiger partial charge in [0.2, 0.25) is 0 Å². The van der Waals surface area contributed by atoms with Gasteiger partial charge in [-0.1, -0.05) is 34.6 Å². The molecular formula is C17H34N2. The van der Waals surface area contributed by atoms with Crippen LogP contribution in [0, 0.1) is 17.3 Å². The molecule has 2 fully saturated rings. The summed E-state index contributed by atoms with van der Waals surface area (Å²) < 4.78 is 0. The normalized spacial score (nSPS) is 40.3. The first-order chi connectivity index (χ1) is 8.93. The summed E-state index contributed by atoms with van der Waals surface area (Å²) in [5.41, 5.74) is 0.512. The summed E-state index contributed by atoms with van der Waals surface area (Å²) in [6.45, 7) is 15.8. The van der Waals surface area contributed by atoms with E-state index in [1.165, 1.54) is 38.8 Å². The third kappa shape index (κ3) is 3.72. The van der Waals surface area contributed by atoms with Crippen molar-refractivity contribution in [3.05, 3.63) is 0 Å². The number of nitrogens with one attached hydrogen (secondary N) is 1. The van der Waals surface area contributed by atoms with Gasteiger partial charge in [-0.25, -0.2) is 0 Å². The molecule has 0 aromatic rings. The fraction of sp³-hybridized carbons (Fsp3) is 1.00. The minimum atomic E-state index is 0.512. The molecule has 0 amide bonds. The smallest absolute Gasteiger partial charge is 0.0275 e. The predicted molar refractivity (Wildman–Crippen MR) is 83.4 cm³/mol. The maximum atomic E-state index is 3.78. The van der Waals surface area contributed by atoms with Gasteiger partial charge in [0.25, 0.3) is 0 Å². The molecule has 0 spiro atoms. The first-order valence-corrected chi connectivity index (χ1v) is 8.40. The van der Waals surface area contributed by atoms with Gasteiger partial charge in [-0.15, -0.1) is 0 Å². The summed E-state index contributed by atoms with van der Waals surface area (Å²) in [4.78, 5) is 2.81. The molecule has 2 aliphatic rings. The predicted octanol–water partition coefficient (Wildman–Crippen LogP) is 3.52. The summed E-state index contributed by atoms with van der Waals surface area (Å²) in [7, 11) is 0. The van der Waals surface area contributed by atoms with E-state index < -0.39 is 0 Å². The lowest BCUT2D eigenvalue weighted by Crippen LogP contribution is -2.59. The second kappa shape index (κ2) is 6.13. The highest BCUT2D eigenvalue weighted by Crippen LogP contribution is 2.37. The molecule has 19 heavy (non-hydrogen) atoms. The molecule has 0 radical (unpaired) electrons. The van der Waals surface area contributed by atoms with Crippen molar-refractivity contribution >= 4 is 0 Å². The van der Waals surface area contributed by atoms with Gasteiger partial charge in [0.1, 0.15) is 0 Å². The highest BCUT2D eigenvalue weighted by molar-refractivity contribution is 4.96. The van der Waals surface area contributed by atoms with Gasteiger partial charge in [-0.2, -0.15) is 0 Å². The van der Waals surface area contributed by atoms with E-state index in [2.05, 4.69) is 44.8 Å². The fourth-order valence-corrected chi connectivity index (χ4v) is 4.64. The molecule has 4 unspecified atom stereocenters. The molecule has 2 heteroatoms. The number of nitrogens with zero attached hydrogens (tertiary/aromatic N) is 1. The molecule has 1 heterocycles. The fourth-order valence-electron chi connectivity index (χ4n) is 4.64. The molecule has 0 bridgehead atoms. The SMILES string of the molecule is CCNC1CC(C)CC(C)C1N1CCCC(C)(C)C1. The summed E-state index contributed by atoms with van der Waals surface area (Å²) in [6, 6.07) is 1.47. The van der Waals surface area contributed by atoms with Gasteiger partial charge in [0.15, 0.2) is 0 Å². The number of rotatable bonds is 3. The first kappa shape index (κ1) is 15.3. The molecule has 1 aliphatic carbocycles. The van der Waals surface area contributed by atoms with Crippen LogP contribution in [0.4, 0.5) is 0 Å². The van der Waals surface area contributed by atoms with Crippen LogP contribution < -0.4 is 5.32 Å². The lowest BCUT2D eigenvalue weighted by Gasteiger charge is -2.50. The van der Waals surface area contributed by atoms with Gasteiger partial charge in [-0.05, 0) is 56.0 Å². The molecule has 1 N–H and O–H groups in total. The lowest BCUT2D eigenvalue weighted by molar-refractivity contribution is 0.00999. The molecule has 1 saturated carbocycles. The Balaban J connectivity index is 2.09. The molecule has 1 aliphatic heterocycles. The molecular weight excluding hydrogens is 232 g/mol. The molecule has 0 aromatic carbocycles. The monoisotopic (exact) mass is 266 g/mol. The van der Waals surface area contributed by atoms with E-state index in [0.717, 1.165) is 24.4 Å². The highest BCUT2D eigenvalue weighted by Gasteiger charge is 2.40. The molecule has 2 rings (SSSR count). The van der Waals surface area contributed by atoms with Crippen molar-refractivity contribution in [3.63, 3.8) is 0 Å². The quantitative estimate of drug-likeness (QED) is 0.841. The summed E-state index contributed by atoms with van der Waals surface area (Å²) in [6.07, 6.45) is 5.54. The lowest BCUT2D eigenvalue weighted by atomic mass is 9.74. The van der Waals surface area contributed by atoms with Gasteiger partial charge in [-0.3, -0.25) is 4.90 Å². The van der Waals surface area contributed by atoms with Crippen molar-refractivity contribution in [1.82, 2.24) is 10.2 Å². The summed E-state index contributed by atoms with van der Waals surface area (Å²) in [5.74, 6) is 1.72. The molecule has 4 atom stereocenters. The van der Waals surface area contributed by atoms with Crippen molar-refractivity contribution in [2.75, 3.05) is 19.6 Å². The van der Waals surface area contributed by atoms with Gasteiger partial charge < -0.3 is 5.32 Å². The third-order valence-corrected chi connectivity index (χ3v) is 5.24. The Morgan fingerprint density at radius 2 is 1.95 bits per heavy atom. The summed E-state index contributed by atoms with van der Waals surface area (Å²) >= 11 is 0. The molecule has 1 saturated heterocycles. The number of piperidine rings is 1. The molecule has 112 valence electrons. The van der Waals surface area contributed by atoms with Gasteiger partial charge in [0, 0.05) is 18.6 Å². The van der Waals surface area contributed by atoms with E-state index in [9.17, 15) is 0 Å². The average molecular weight is 266 g/mol. The zero-order valence-electron chi connectivity index (χ0n) is 13.7. The maximum Gasteiger partial charge on any atom is 0.0275 e. The number of hydrogen-bond donors (Lipinski definition) is 1. The second-order valence-electron chi connectivity index (χ2n) is 7.95. The Kier molecular flexibility index (Phi) is 4.94. The van der Waals surface area contributed by atoms with E-state index in [1.54, 1.807) is 0 Å². The van der Waals surface area contributed by atoms with Gasteiger partial charge in [0.05, 0.1) is 0 Å². The highest BCUT2D eigenvalue weighted by atomic mass is 15.2. The Morgan fingerprint density at radius 3 is 2.58 bits per heavy atom.